The summed E-state index contributed by atoms with van der Waals surface area (Å²) < 4.78 is 30.3. The van der Waals surface area contributed by atoms with Crippen molar-refractivity contribution >= 4 is 22.0 Å². The zero-order valence-electron chi connectivity index (χ0n) is 10.3. The number of carbonyl (C=O) groups excluding carboxylic acids is 1. The van der Waals surface area contributed by atoms with Crippen LogP contribution in [0.4, 0.5) is 0 Å². The van der Waals surface area contributed by atoms with Crippen molar-refractivity contribution in [3.05, 3.63) is 29.8 Å². The Morgan fingerprint density at radius 1 is 1.26 bits per heavy atom. The molecule has 0 aromatic heterocycles. The fraction of sp³-hybridized carbons (Fsp3) is 0.273. The topological polar surface area (TPSA) is 110 Å². The molecule has 0 saturated carbocycles. The number of esters is 1. The van der Waals surface area contributed by atoms with Gasteiger partial charge in [0, 0.05) is 0 Å². The number of ether oxygens (including phenoxy) is 1. The lowest BCUT2D eigenvalue weighted by atomic mass is 10.2. The number of rotatable bonds is 5. The van der Waals surface area contributed by atoms with Gasteiger partial charge in [-0.05, 0) is 31.2 Å². The number of benzene rings is 1. The van der Waals surface area contributed by atoms with E-state index in [9.17, 15) is 18.0 Å². The monoisotopic (exact) mass is 287 g/mol. The SMILES string of the molecule is COC(=O)[C@@H](C)NS(=O)(=O)c1ccc(C(=O)O)cc1. The molecule has 1 aromatic carbocycles. The number of hydrogen-bond donors (Lipinski definition) is 2. The number of carbonyl (C=O) groups is 2. The van der Waals surface area contributed by atoms with Crippen LogP contribution in [0.2, 0.25) is 0 Å². The van der Waals surface area contributed by atoms with E-state index in [-0.39, 0.29) is 10.5 Å². The van der Waals surface area contributed by atoms with Crippen LogP contribution in [0.1, 0.15) is 17.3 Å². The van der Waals surface area contributed by atoms with Gasteiger partial charge in [0.1, 0.15) is 6.04 Å². The molecule has 1 rings (SSSR count). The van der Waals surface area contributed by atoms with Gasteiger partial charge in [-0.15, -0.1) is 0 Å². The molecule has 0 spiro atoms. The van der Waals surface area contributed by atoms with E-state index in [0.29, 0.717) is 0 Å². The highest BCUT2D eigenvalue weighted by atomic mass is 32.2. The maximum Gasteiger partial charge on any atom is 0.335 e. The molecule has 0 unspecified atom stereocenters. The summed E-state index contributed by atoms with van der Waals surface area (Å²) in [4.78, 5) is 21.6. The van der Waals surface area contributed by atoms with Crippen molar-refractivity contribution in [3.8, 4) is 0 Å². The van der Waals surface area contributed by atoms with E-state index in [0.717, 1.165) is 19.2 Å². The number of hydrogen-bond acceptors (Lipinski definition) is 5. The molecule has 0 aliphatic carbocycles. The third-order valence-corrected chi connectivity index (χ3v) is 3.85. The molecule has 0 aliphatic heterocycles. The third kappa shape index (κ3) is 3.76. The molecule has 0 fully saturated rings. The van der Waals surface area contributed by atoms with E-state index in [1.165, 1.54) is 19.1 Å². The molecule has 0 bridgehead atoms. The van der Waals surface area contributed by atoms with Crippen molar-refractivity contribution in [3.63, 3.8) is 0 Å². The first-order chi connectivity index (χ1) is 8.77. The molecular weight excluding hydrogens is 274 g/mol. The van der Waals surface area contributed by atoms with Gasteiger partial charge in [-0.25, -0.2) is 13.2 Å². The molecule has 0 heterocycles. The summed E-state index contributed by atoms with van der Waals surface area (Å²) in [5.41, 5.74) is -0.0278. The first-order valence-electron chi connectivity index (χ1n) is 5.21. The second-order valence-electron chi connectivity index (χ2n) is 3.70. The van der Waals surface area contributed by atoms with E-state index in [4.69, 9.17) is 5.11 Å². The Hall–Kier alpha value is -1.93. The van der Waals surface area contributed by atoms with Gasteiger partial charge in [0.25, 0.3) is 0 Å². The van der Waals surface area contributed by atoms with Crippen LogP contribution in [-0.2, 0) is 19.6 Å². The number of carboxylic acids is 1. The summed E-state index contributed by atoms with van der Waals surface area (Å²) in [6.07, 6.45) is 0. The number of nitrogens with one attached hydrogen (secondary N) is 1. The lowest BCUT2D eigenvalue weighted by molar-refractivity contribution is -0.142. The van der Waals surface area contributed by atoms with Gasteiger partial charge >= 0.3 is 11.9 Å². The molecule has 0 saturated heterocycles. The molecule has 7 nitrogen and oxygen atoms in total. The molecular formula is C11H13NO6S. The van der Waals surface area contributed by atoms with Crippen molar-refractivity contribution in [2.24, 2.45) is 0 Å². The Labute approximate surface area is 110 Å². The average molecular weight is 287 g/mol. The Balaban J connectivity index is 2.94. The van der Waals surface area contributed by atoms with Gasteiger partial charge in [0.15, 0.2) is 0 Å². The second kappa shape index (κ2) is 5.81. The summed E-state index contributed by atoms with van der Waals surface area (Å²) in [7, 11) is -2.75. The number of sulfonamides is 1. The average Bonchev–Trinajstić information content (AvgIpc) is 2.37. The molecule has 2 N–H and O–H groups in total. The van der Waals surface area contributed by atoms with E-state index in [1.54, 1.807) is 0 Å². The van der Waals surface area contributed by atoms with Crippen molar-refractivity contribution < 1.29 is 27.9 Å². The normalized spacial score (nSPS) is 12.7. The van der Waals surface area contributed by atoms with Crippen LogP contribution >= 0.6 is 0 Å². The van der Waals surface area contributed by atoms with Gasteiger partial charge in [-0.3, -0.25) is 4.79 Å². The molecule has 8 heteroatoms. The predicted molar refractivity (Wildman–Crippen MR) is 65.2 cm³/mol. The molecule has 19 heavy (non-hydrogen) atoms. The van der Waals surface area contributed by atoms with Crippen molar-refractivity contribution in [2.45, 2.75) is 17.9 Å². The van der Waals surface area contributed by atoms with Crippen LogP contribution in [0.25, 0.3) is 0 Å². The van der Waals surface area contributed by atoms with Crippen LogP contribution in [0.15, 0.2) is 29.2 Å². The fourth-order valence-corrected chi connectivity index (χ4v) is 2.49. The summed E-state index contributed by atoms with van der Waals surface area (Å²) in [5.74, 6) is -1.87. The molecule has 104 valence electrons. The molecule has 0 aliphatic rings. The number of methoxy groups -OCH3 is 1. The minimum absolute atomic E-state index is 0.0278. The van der Waals surface area contributed by atoms with Gasteiger partial charge in [-0.1, -0.05) is 0 Å². The number of carboxylic acid groups (broad SMARTS) is 1. The van der Waals surface area contributed by atoms with E-state index in [1.807, 2.05) is 0 Å². The van der Waals surface area contributed by atoms with Gasteiger partial charge in [0.2, 0.25) is 10.0 Å². The summed E-state index contributed by atoms with van der Waals surface area (Å²) in [5, 5.41) is 8.70. The number of aromatic carboxylic acids is 1. The minimum Gasteiger partial charge on any atom is -0.478 e. The Morgan fingerprint density at radius 3 is 2.21 bits per heavy atom. The highest BCUT2D eigenvalue weighted by Gasteiger charge is 2.22. The van der Waals surface area contributed by atoms with Crippen molar-refractivity contribution in [2.75, 3.05) is 7.11 Å². The smallest absolute Gasteiger partial charge is 0.335 e. The third-order valence-electron chi connectivity index (χ3n) is 2.30. The minimum atomic E-state index is -3.90. The molecule has 0 amide bonds. The van der Waals surface area contributed by atoms with Crippen LogP contribution in [0.3, 0.4) is 0 Å². The Kier molecular flexibility index (Phi) is 4.62. The van der Waals surface area contributed by atoms with E-state index in [2.05, 4.69) is 9.46 Å². The van der Waals surface area contributed by atoms with Crippen molar-refractivity contribution in [1.29, 1.82) is 0 Å². The standard InChI is InChI=1S/C11H13NO6S/c1-7(11(15)18-2)12-19(16,17)9-5-3-8(4-6-9)10(13)14/h3-7,12H,1-2H3,(H,13,14)/t7-/m1/s1. The lowest BCUT2D eigenvalue weighted by Gasteiger charge is -2.12. The van der Waals surface area contributed by atoms with Gasteiger partial charge in [-0.2, -0.15) is 4.72 Å². The van der Waals surface area contributed by atoms with Crippen LogP contribution in [0, 0.1) is 0 Å². The first kappa shape index (κ1) is 15.1. The quantitative estimate of drug-likeness (QED) is 0.750. The van der Waals surface area contributed by atoms with Crippen LogP contribution in [-0.4, -0.2) is 38.6 Å². The molecule has 1 aromatic rings. The van der Waals surface area contributed by atoms with Crippen LogP contribution in [0.5, 0.6) is 0 Å². The molecule has 0 radical (unpaired) electrons. The maximum absolute atomic E-state index is 11.9. The zero-order valence-corrected chi connectivity index (χ0v) is 11.1. The maximum atomic E-state index is 11.9. The Bertz CT molecular complexity index is 578. The second-order valence-corrected chi connectivity index (χ2v) is 5.41. The summed E-state index contributed by atoms with van der Waals surface area (Å²) >= 11 is 0. The summed E-state index contributed by atoms with van der Waals surface area (Å²) in [6, 6.07) is 3.60. The van der Waals surface area contributed by atoms with Gasteiger partial charge in [0.05, 0.1) is 17.6 Å². The summed E-state index contributed by atoms with van der Waals surface area (Å²) in [6.45, 7) is 1.34. The molecule has 1 atom stereocenters. The lowest BCUT2D eigenvalue weighted by Crippen LogP contribution is -2.39. The van der Waals surface area contributed by atoms with Gasteiger partial charge < -0.3 is 9.84 Å². The predicted octanol–water partition coefficient (Wildman–Crippen LogP) is 0.225. The fourth-order valence-electron chi connectivity index (χ4n) is 1.30. The first-order valence-corrected chi connectivity index (χ1v) is 6.70. The highest BCUT2D eigenvalue weighted by molar-refractivity contribution is 7.89. The van der Waals surface area contributed by atoms with Crippen LogP contribution < -0.4 is 4.72 Å². The highest BCUT2D eigenvalue weighted by Crippen LogP contribution is 2.11. The zero-order chi connectivity index (χ0) is 14.6. The largest absolute Gasteiger partial charge is 0.478 e. The Morgan fingerprint density at radius 2 is 1.79 bits per heavy atom. The van der Waals surface area contributed by atoms with E-state index >= 15 is 0 Å². The van der Waals surface area contributed by atoms with E-state index < -0.39 is 28.0 Å². The van der Waals surface area contributed by atoms with Crippen molar-refractivity contribution in [1.82, 2.24) is 4.72 Å².